The van der Waals surface area contributed by atoms with Crippen LogP contribution < -0.4 is 11.5 Å². The van der Waals surface area contributed by atoms with E-state index in [4.69, 9.17) is 17.9 Å². The van der Waals surface area contributed by atoms with Crippen LogP contribution in [0.25, 0.3) is 0 Å². The summed E-state index contributed by atoms with van der Waals surface area (Å²) < 4.78 is 14.3. The van der Waals surface area contributed by atoms with E-state index in [1.54, 1.807) is 12.1 Å². The van der Waals surface area contributed by atoms with E-state index in [9.17, 15) is 4.39 Å². The van der Waals surface area contributed by atoms with Crippen LogP contribution in [0.1, 0.15) is 49.3 Å². The molecule has 0 amide bonds. The van der Waals surface area contributed by atoms with E-state index in [0.29, 0.717) is 11.3 Å². The molecule has 1 atom stereocenters. The maximum atomic E-state index is 14.3. The van der Waals surface area contributed by atoms with Gasteiger partial charge in [0, 0.05) is 17.2 Å². The van der Waals surface area contributed by atoms with Gasteiger partial charge < -0.3 is 11.5 Å². The first-order valence-electron chi connectivity index (χ1n) is 5.90. The minimum Gasteiger partial charge on any atom is -0.405 e. The lowest BCUT2D eigenvalue weighted by molar-refractivity contribution is 0.601. The number of halogens is 1. The number of terminal acetylenes is 1. The number of allylic oxidation sites excluding steroid dienone is 1. The summed E-state index contributed by atoms with van der Waals surface area (Å²) in [5.74, 6) is 1.92. The van der Waals surface area contributed by atoms with Crippen LogP contribution in [0, 0.1) is 18.2 Å². The second kappa shape index (κ2) is 5.59. The molecule has 0 aromatic heterocycles. The molecule has 0 saturated carbocycles. The molecule has 18 heavy (non-hydrogen) atoms. The number of anilines is 1. The first-order valence-corrected chi connectivity index (χ1v) is 5.90. The molecule has 0 aliphatic rings. The minimum absolute atomic E-state index is 0.186. The zero-order valence-corrected chi connectivity index (χ0v) is 11.0. The summed E-state index contributed by atoms with van der Waals surface area (Å²) in [6.07, 6.45) is 8.42. The average Bonchev–Trinajstić information content (AvgIpc) is 2.29. The van der Waals surface area contributed by atoms with Gasteiger partial charge in [-0.25, -0.2) is 4.39 Å². The summed E-state index contributed by atoms with van der Waals surface area (Å²) in [4.78, 5) is 0. The lowest BCUT2D eigenvalue weighted by Crippen LogP contribution is -2.08. The van der Waals surface area contributed by atoms with Crippen LogP contribution in [-0.4, -0.2) is 0 Å². The highest BCUT2D eigenvalue weighted by Crippen LogP contribution is 2.34. The Bertz CT molecular complexity index is 510. The van der Waals surface area contributed by atoms with Crippen LogP contribution in [-0.2, 0) is 0 Å². The Labute approximate surface area is 108 Å². The van der Waals surface area contributed by atoms with Crippen molar-refractivity contribution in [3.63, 3.8) is 0 Å². The first kappa shape index (κ1) is 14.1. The lowest BCUT2D eigenvalue weighted by Gasteiger charge is -2.19. The van der Waals surface area contributed by atoms with Crippen molar-refractivity contribution in [2.45, 2.75) is 32.6 Å². The second-order valence-corrected chi connectivity index (χ2v) is 4.63. The quantitative estimate of drug-likeness (QED) is 0.636. The monoisotopic (exact) mass is 246 g/mol. The third-order valence-corrected chi connectivity index (χ3v) is 3.01. The molecule has 3 heteroatoms. The number of nitrogens with two attached hydrogens (primary N) is 2. The molecule has 1 aromatic rings. The number of rotatable bonds is 3. The summed E-state index contributed by atoms with van der Waals surface area (Å²) >= 11 is 0. The molecule has 96 valence electrons. The Morgan fingerprint density at radius 3 is 2.44 bits per heavy atom. The van der Waals surface area contributed by atoms with Crippen LogP contribution in [0.4, 0.5) is 10.1 Å². The average molecular weight is 246 g/mol. The third-order valence-electron chi connectivity index (χ3n) is 3.01. The van der Waals surface area contributed by atoms with Crippen molar-refractivity contribution in [2.75, 3.05) is 5.73 Å². The lowest BCUT2D eigenvalue weighted by atomic mass is 9.89. The van der Waals surface area contributed by atoms with Gasteiger partial charge in [-0.1, -0.05) is 32.8 Å². The SMILES string of the molecule is C#Cc1cc(C(C)C)c(N)c(C(C)/C=C\N)c1F. The summed E-state index contributed by atoms with van der Waals surface area (Å²) in [6, 6.07) is 1.65. The van der Waals surface area contributed by atoms with Crippen molar-refractivity contribution in [3.8, 4) is 12.3 Å². The smallest absolute Gasteiger partial charge is 0.144 e. The van der Waals surface area contributed by atoms with Crippen molar-refractivity contribution < 1.29 is 4.39 Å². The Kier molecular flexibility index (Phi) is 4.38. The maximum absolute atomic E-state index is 14.3. The predicted octanol–water partition coefficient (Wildman–Crippen LogP) is 3.09. The van der Waals surface area contributed by atoms with Crippen molar-refractivity contribution in [1.82, 2.24) is 0 Å². The van der Waals surface area contributed by atoms with Gasteiger partial charge in [-0.15, -0.1) is 6.42 Å². The summed E-state index contributed by atoms with van der Waals surface area (Å²) in [7, 11) is 0. The Balaban J connectivity index is 3.58. The molecule has 0 fully saturated rings. The highest BCUT2D eigenvalue weighted by Gasteiger charge is 2.20. The fourth-order valence-electron chi connectivity index (χ4n) is 2.01. The maximum Gasteiger partial charge on any atom is 0.144 e. The highest BCUT2D eigenvalue weighted by molar-refractivity contribution is 5.62. The normalized spacial score (nSPS) is 12.9. The number of benzene rings is 1. The minimum atomic E-state index is -0.426. The zero-order chi connectivity index (χ0) is 13.9. The predicted molar refractivity (Wildman–Crippen MR) is 74.6 cm³/mol. The van der Waals surface area contributed by atoms with Gasteiger partial charge in [-0.2, -0.15) is 0 Å². The van der Waals surface area contributed by atoms with Crippen molar-refractivity contribution in [2.24, 2.45) is 5.73 Å². The number of nitrogen functional groups attached to an aromatic ring is 1. The molecule has 0 aliphatic carbocycles. The number of hydrogen-bond acceptors (Lipinski definition) is 2. The van der Waals surface area contributed by atoms with Gasteiger partial charge in [0.1, 0.15) is 5.82 Å². The van der Waals surface area contributed by atoms with Crippen molar-refractivity contribution in [1.29, 1.82) is 0 Å². The van der Waals surface area contributed by atoms with E-state index in [1.807, 2.05) is 20.8 Å². The van der Waals surface area contributed by atoms with E-state index < -0.39 is 5.82 Å². The molecular formula is C15H19FN2. The molecule has 0 saturated heterocycles. The number of hydrogen-bond donors (Lipinski definition) is 2. The fourth-order valence-corrected chi connectivity index (χ4v) is 2.01. The van der Waals surface area contributed by atoms with Crippen molar-refractivity contribution in [3.05, 3.63) is 40.8 Å². The molecule has 1 rings (SSSR count). The molecule has 0 radical (unpaired) electrons. The standard InChI is InChI=1S/C15H19FN2/c1-5-11-8-12(9(2)3)15(18)13(14(11)16)10(4)6-7-17/h1,6-10H,17-18H2,2-4H3/b7-6-. The third kappa shape index (κ3) is 2.48. The van der Waals surface area contributed by atoms with Gasteiger partial charge in [-0.3, -0.25) is 0 Å². The van der Waals surface area contributed by atoms with Gasteiger partial charge in [0.15, 0.2) is 0 Å². The van der Waals surface area contributed by atoms with Gasteiger partial charge >= 0.3 is 0 Å². The highest BCUT2D eigenvalue weighted by atomic mass is 19.1. The largest absolute Gasteiger partial charge is 0.405 e. The Morgan fingerprint density at radius 1 is 1.39 bits per heavy atom. The van der Waals surface area contributed by atoms with E-state index in [1.165, 1.54) is 6.20 Å². The zero-order valence-electron chi connectivity index (χ0n) is 11.0. The summed E-state index contributed by atoms with van der Waals surface area (Å²) in [5.41, 5.74) is 13.4. The molecule has 2 nitrogen and oxygen atoms in total. The molecule has 1 aromatic carbocycles. The van der Waals surface area contributed by atoms with Gasteiger partial charge in [0.2, 0.25) is 0 Å². The van der Waals surface area contributed by atoms with E-state index in [0.717, 1.165) is 5.56 Å². The summed E-state index contributed by atoms with van der Waals surface area (Å²) in [5, 5.41) is 0. The van der Waals surface area contributed by atoms with E-state index in [-0.39, 0.29) is 17.4 Å². The van der Waals surface area contributed by atoms with Crippen LogP contribution in [0.3, 0.4) is 0 Å². The molecule has 0 bridgehead atoms. The molecule has 0 spiro atoms. The van der Waals surface area contributed by atoms with Gasteiger partial charge in [-0.05, 0) is 23.7 Å². The second-order valence-electron chi connectivity index (χ2n) is 4.63. The topological polar surface area (TPSA) is 52.0 Å². The van der Waals surface area contributed by atoms with Gasteiger partial charge in [0.05, 0.1) is 5.56 Å². The van der Waals surface area contributed by atoms with Crippen LogP contribution in [0.5, 0.6) is 0 Å². The Morgan fingerprint density at radius 2 is 2.00 bits per heavy atom. The van der Waals surface area contributed by atoms with E-state index in [2.05, 4.69) is 5.92 Å². The van der Waals surface area contributed by atoms with Crippen LogP contribution >= 0.6 is 0 Å². The Hall–Kier alpha value is -1.95. The van der Waals surface area contributed by atoms with Gasteiger partial charge in [0.25, 0.3) is 0 Å². The summed E-state index contributed by atoms with van der Waals surface area (Å²) in [6.45, 7) is 5.83. The molecule has 4 N–H and O–H groups in total. The van der Waals surface area contributed by atoms with Crippen LogP contribution in [0.15, 0.2) is 18.3 Å². The van der Waals surface area contributed by atoms with Crippen LogP contribution in [0.2, 0.25) is 0 Å². The molecule has 1 unspecified atom stereocenters. The molecular weight excluding hydrogens is 227 g/mol. The molecule has 0 aliphatic heterocycles. The first-order chi connectivity index (χ1) is 8.43. The van der Waals surface area contributed by atoms with E-state index >= 15 is 0 Å². The fraction of sp³-hybridized carbons (Fsp3) is 0.333. The molecule has 0 heterocycles. The van der Waals surface area contributed by atoms with Crippen molar-refractivity contribution >= 4 is 5.69 Å².